The number of carbonyl (C=O) groups is 3. The minimum absolute atomic E-state index is 0.0809. The average Bonchev–Trinajstić information content (AvgIpc) is 2.49. The second-order valence-corrected chi connectivity index (χ2v) is 5.10. The molecule has 0 aliphatic carbocycles. The van der Waals surface area contributed by atoms with E-state index in [0.29, 0.717) is 6.42 Å². The zero-order valence-corrected chi connectivity index (χ0v) is 12.6. The lowest BCUT2D eigenvalue weighted by Gasteiger charge is -2.21. The molecule has 0 aliphatic heterocycles. The number of thioether (sulfide) groups is 1. The predicted molar refractivity (Wildman–Crippen MR) is 76.3 cm³/mol. The number of carboxylic acid groups (broad SMARTS) is 2. The summed E-state index contributed by atoms with van der Waals surface area (Å²) in [6.07, 6.45) is -5.91. The highest BCUT2D eigenvalue weighted by Gasteiger charge is 2.33. The molecule has 0 heterocycles. The topological polar surface area (TPSA) is 199 Å². The van der Waals surface area contributed by atoms with Crippen molar-refractivity contribution >= 4 is 30.0 Å². The van der Waals surface area contributed by atoms with Crippen molar-refractivity contribution in [3.05, 3.63) is 0 Å². The molecule has 10 nitrogen and oxygen atoms in total. The van der Waals surface area contributed by atoms with Gasteiger partial charge in [0.05, 0.1) is 0 Å². The molecule has 22 heavy (non-hydrogen) atoms. The minimum atomic E-state index is -2.25. The number of aliphatic hydroxyl groups excluding tert-OH is 4. The second kappa shape index (κ2) is 12.3. The molecule has 0 aromatic carbocycles. The van der Waals surface area contributed by atoms with Crippen molar-refractivity contribution in [2.75, 3.05) is 12.0 Å². The largest absolute Gasteiger partial charge is 0.480 e. The summed E-state index contributed by atoms with van der Waals surface area (Å²) >= 11 is 1.60. The third kappa shape index (κ3) is 9.65. The maximum absolute atomic E-state index is 10.1. The van der Waals surface area contributed by atoms with E-state index < -0.39 is 42.4 Å². The lowest BCUT2D eigenvalue weighted by atomic mass is 10.0. The molecule has 0 bridgehead atoms. The molecule has 0 spiro atoms. The normalized spacial score (nSPS) is 17.2. The Balaban J connectivity index is 0. The van der Waals surface area contributed by atoms with E-state index in [-0.39, 0.29) is 6.29 Å². The van der Waals surface area contributed by atoms with Crippen LogP contribution < -0.4 is 5.73 Å². The highest BCUT2D eigenvalue weighted by Crippen LogP contribution is 2.03. The van der Waals surface area contributed by atoms with Gasteiger partial charge in [-0.05, 0) is 18.4 Å². The van der Waals surface area contributed by atoms with Crippen molar-refractivity contribution in [1.82, 2.24) is 0 Å². The van der Waals surface area contributed by atoms with E-state index in [0.717, 1.165) is 5.75 Å². The highest BCUT2D eigenvalue weighted by atomic mass is 32.2. The summed E-state index contributed by atoms with van der Waals surface area (Å²) in [5.74, 6) is -1.86. The Hall–Kier alpha value is -1.24. The summed E-state index contributed by atoms with van der Waals surface area (Å²) in [7, 11) is 0. The molecule has 130 valence electrons. The Morgan fingerprint density at radius 3 is 1.91 bits per heavy atom. The average molecular weight is 343 g/mol. The molecule has 0 aromatic heterocycles. The van der Waals surface area contributed by atoms with E-state index in [1.54, 1.807) is 11.8 Å². The van der Waals surface area contributed by atoms with Crippen LogP contribution in [0.5, 0.6) is 0 Å². The van der Waals surface area contributed by atoms with E-state index >= 15 is 0 Å². The van der Waals surface area contributed by atoms with Crippen LogP contribution in [0.3, 0.4) is 0 Å². The third-order valence-corrected chi connectivity index (χ3v) is 3.01. The van der Waals surface area contributed by atoms with Gasteiger partial charge in [0.25, 0.3) is 0 Å². The fourth-order valence-corrected chi connectivity index (χ4v) is 1.47. The van der Waals surface area contributed by atoms with E-state index in [4.69, 9.17) is 36.4 Å². The van der Waals surface area contributed by atoms with Gasteiger partial charge in [0.1, 0.15) is 24.4 Å². The summed E-state index contributed by atoms with van der Waals surface area (Å²) in [5.41, 5.74) is 5.19. The van der Waals surface area contributed by atoms with Crippen LogP contribution in [-0.4, -0.2) is 91.3 Å². The van der Waals surface area contributed by atoms with Crippen molar-refractivity contribution in [1.29, 1.82) is 0 Å². The van der Waals surface area contributed by atoms with Crippen LogP contribution in [0.4, 0.5) is 0 Å². The Morgan fingerprint density at radius 2 is 1.59 bits per heavy atom. The summed E-state index contributed by atoms with van der Waals surface area (Å²) in [4.78, 5) is 30.0. The van der Waals surface area contributed by atoms with Gasteiger partial charge in [-0.15, -0.1) is 0 Å². The minimum Gasteiger partial charge on any atom is -0.480 e. The zero-order valence-electron chi connectivity index (χ0n) is 11.8. The van der Waals surface area contributed by atoms with Crippen molar-refractivity contribution in [3.8, 4) is 0 Å². The molecule has 0 aliphatic rings. The molecule has 0 amide bonds. The van der Waals surface area contributed by atoms with Gasteiger partial charge in [0.15, 0.2) is 12.4 Å². The quantitative estimate of drug-likeness (QED) is 0.209. The van der Waals surface area contributed by atoms with Gasteiger partial charge in [0, 0.05) is 0 Å². The first kappa shape index (κ1) is 23.0. The van der Waals surface area contributed by atoms with Crippen LogP contribution in [0.2, 0.25) is 0 Å². The molecular weight excluding hydrogens is 322 g/mol. The fourth-order valence-electron chi connectivity index (χ4n) is 0.984. The number of hydrogen-bond acceptors (Lipinski definition) is 9. The van der Waals surface area contributed by atoms with Gasteiger partial charge in [-0.3, -0.25) is 4.79 Å². The van der Waals surface area contributed by atoms with Gasteiger partial charge in [0.2, 0.25) is 0 Å². The van der Waals surface area contributed by atoms with Gasteiger partial charge in [-0.25, -0.2) is 4.79 Å². The lowest BCUT2D eigenvalue weighted by molar-refractivity contribution is -0.163. The van der Waals surface area contributed by atoms with Crippen molar-refractivity contribution in [2.24, 2.45) is 5.73 Å². The van der Waals surface area contributed by atoms with Crippen LogP contribution >= 0.6 is 11.8 Å². The van der Waals surface area contributed by atoms with E-state index in [1.807, 2.05) is 6.26 Å². The van der Waals surface area contributed by atoms with Crippen molar-refractivity contribution in [3.63, 3.8) is 0 Å². The summed E-state index contributed by atoms with van der Waals surface area (Å²) in [5, 5.41) is 51.5. The monoisotopic (exact) mass is 343 g/mol. The second-order valence-electron chi connectivity index (χ2n) is 4.12. The first-order valence-corrected chi connectivity index (χ1v) is 7.37. The van der Waals surface area contributed by atoms with Gasteiger partial charge in [-0.1, -0.05) is 0 Å². The number of rotatable bonds is 9. The summed E-state index contributed by atoms with van der Waals surface area (Å²) in [6, 6.07) is -0.683. The van der Waals surface area contributed by atoms with Crippen LogP contribution in [0, 0.1) is 0 Å². The van der Waals surface area contributed by atoms with Crippen LogP contribution in [-0.2, 0) is 14.4 Å². The Morgan fingerprint density at radius 1 is 1.09 bits per heavy atom. The number of carbonyl (C=O) groups excluding carboxylic acids is 1. The number of aliphatic hydroxyl groups is 4. The number of hydrogen-bond donors (Lipinski definition) is 7. The number of nitrogens with two attached hydrogens (primary N) is 1. The fraction of sp³-hybridized carbons (Fsp3) is 0.727. The molecule has 11 heteroatoms. The lowest BCUT2D eigenvalue weighted by Crippen LogP contribution is -2.48. The number of aldehydes is 1. The first-order valence-electron chi connectivity index (χ1n) is 5.97. The number of carboxylic acids is 2. The first-order chi connectivity index (χ1) is 10.1. The van der Waals surface area contributed by atoms with E-state index in [2.05, 4.69) is 0 Å². The Labute approximate surface area is 130 Å². The zero-order chi connectivity index (χ0) is 17.9. The van der Waals surface area contributed by atoms with E-state index in [9.17, 15) is 14.4 Å². The smallest absolute Gasteiger partial charge is 0.335 e. The maximum Gasteiger partial charge on any atom is 0.335 e. The third-order valence-electron chi connectivity index (χ3n) is 2.37. The molecule has 5 atom stereocenters. The predicted octanol–water partition coefficient (Wildman–Crippen LogP) is -3.14. The molecule has 1 unspecified atom stereocenters. The van der Waals surface area contributed by atoms with Gasteiger partial charge >= 0.3 is 11.9 Å². The molecule has 0 radical (unpaired) electrons. The molecule has 0 saturated carbocycles. The van der Waals surface area contributed by atoms with Crippen LogP contribution in [0.25, 0.3) is 0 Å². The van der Waals surface area contributed by atoms with Crippen LogP contribution in [0.1, 0.15) is 6.42 Å². The van der Waals surface area contributed by atoms with Gasteiger partial charge < -0.3 is 41.2 Å². The van der Waals surface area contributed by atoms with Crippen molar-refractivity contribution < 1.29 is 45.0 Å². The Bertz CT molecular complexity index is 354. The SMILES string of the molecule is CSCCC(N)C(=O)O.O=C[C@H](O)[C@@H](O)[C@@H](O)[C@H](O)C(=O)O. The van der Waals surface area contributed by atoms with Gasteiger partial charge in [-0.2, -0.15) is 11.8 Å². The molecule has 0 fully saturated rings. The molecular formula is C11H21NO9S. The molecule has 0 aromatic rings. The molecule has 8 N–H and O–H groups in total. The maximum atomic E-state index is 10.1. The summed E-state index contributed by atoms with van der Waals surface area (Å²) < 4.78 is 0. The number of aliphatic carboxylic acids is 2. The van der Waals surface area contributed by atoms with Crippen LogP contribution in [0.15, 0.2) is 0 Å². The molecule has 0 rings (SSSR count). The Kier molecular flexibility index (Phi) is 12.9. The highest BCUT2D eigenvalue weighted by molar-refractivity contribution is 7.98. The van der Waals surface area contributed by atoms with Crippen molar-refractivity contribution in [2.45, 2.75) is 36.9 Å². The van der Waals surface area contributed by atoms with E-state index in [1.165, 1.54) is 0 Å². The standard InChI is InChI=1S/C6H10O7.C5H11NO2S/c7-1-2(8)3(9)4(10)5(11)6(12)13;1-9-3-2-4(6)5(7)8/h1-5,8-11H,(H,12,13);4H,2-3,6H2,1H3,(H,7,8)/t2-,3+,4+,5-;/m0./s1. The summed E-state index contributed by atoms with van der Waals surface area (Å²) in [6.45, 7) is 0. The molecule has 0 saturated heterocycles.